The number of hydrogen-bond acceptors (Lipinski definition) is 5. The molecule has 0 bridgehead atoms. The summed E-state index contributed by atoms with van der Waals surface area (Å²) in [6.07, 6.45) is 2.74. The summed E-state index contributed by atoms with van der Waals surface area (Å²) in [6, 6.07) is 13.0. The third-order valence-electron chi connectivity index (χ3n) is 4.66. The Morgan fingerprint density at radius 1 is 1.19 bits per heavy atom. The fourth-order valence-electron chi connectivity index (χ4n) is 3.21. The van der Waals surface area contributed by atoms with Crippen molar-refractivity contribution < 1.29 is 19.1 Å². The number of allylic oxidation sites excluding steroid dienone is 1. The first-order valence-corrected chi connectivity index (χ1v) is 10.2. The van der Waals surface area contributed by atoms with Gasteiger partial charge in [0.2, 0.25) is 0 Å². The Morgan fingerprint density at radius 3 is 2.48 bits per heavy atom. The predicted molar refractivity (Wildman–Crippen MR) is 124 cm³/mol. The van der Waals surface area contributed by atoms with E-state index in [1.807, 2.05) is 42.5 Å². The van der Waals surface area contributed by atoms with E-state index in [0.717, 1.165) is 23.1 Å². The molecule has 2 aromatic carbocycles. The van der Waals surface area contributed by atoms with Crippen LogP contribution in [-0.4, -0.2) is 43.2 Å². The molecule has 166 valence electrons. The highest BCUT2D eigenvalue weighted by Crippen LogP contribution is 2.35. The molecule has 0 saturated carbocycles. The van der Waals surface area contributed by atoms with Crippen LogP contribution in [0.4, 0.5) is 10.5 Å². The number of carbonyl (C=O) groups excluding carboxylic acids is 2. The zero-order valence-electron chi connectivity index (χ0n) is 19.2. The average Bonchev–Trinajstić information content (AvgIpc) is 2.72. The van der Waals surface area contributed by atoms with Gasteiger partial charge in [-0.3, -0.25) is 5.01 Å². The van der Waals surface area contributed by atoms with Gasteiger partial charge < -0.3 is 14.3 Å². The molecule has 0 spiro atoms. The summed E-state index contributed by atoms with van der Waals surface area (Å²) in [5, 5.41) is 2.93. The van der Waals surface area contributed by atoms with Crippen molar-refractivity contribution >= 4 is 18.1 Å². The highest BCUT2D eigenvalue weighted by molar-refractivity contribution is 5.79. The fraction of sp³-hybridized carbons (Fsp3) is 0.360. The summed E-state index contributed by atoms with van der Waals surface area (Å²) < 4.78 is 11.1. The topological polar surface area (TPSA) is 59.1 Å². The van der Waals surface area contributed by atoms with Crippen LogP contribution in [0, 0.1) is 0 Å². The van der Waals surface area contributed by atoms with Crippen molar-refractivity contribution in [1.82, 2.24) is 5.01 Å². The highest BCUT2D eigenvalue weighted by atomic mass is 16.6. The molecule has 31 heavy (non-hydrogen) atoms. The Morgan fingerprint density at radius 2 is 1.90 bits per heavy atom. The maximum atomic E-state index is 12.8. The van der Waals surface area contributed by atoms with Crippen LogP contribution in [0.15, 0.2) is 55.1 Å². The quantitative estimate of drug-likeness (QED) is 0.328. The fourth-order valence-corrected chi connectivity index (χ4v) is 3.21. The third kappa shape index (κ3) is 6.10. The van der Waals surface area contributed by atoms with E-state index in [9.17, 15) is 9.59 Å². The van der Waals surface area contributed by atoms with Gasteiger partial charge in [-0.2, -0.15) is 0 Å². The van der Waals surface area contributed by atoms with Crippen molar-refractivity contribution in [2.75, 3.05) is 19.2 Å². The summed E-state index contributed by atoms with van der Waals surface area (Å²) in [5.74, 6) is 0.708. The zero-order chi connectivity index (χ0) is 23.2. The molecular formula is C25H32N2O4. The van der Waals surface area contributed by atoms with Crippen LogP contribution >= 0.6 is 0 Å². The van der Waals surface area contributed by atoms with Crippen LogP contribution < -0.4 is 9.75 Å². The number of carbonyl (C=O) groups is 2. The molecule has 0 saturated heterocycles. The van der Waals surface area contributed by atoms with Crippen LogP contribution in [0.25, 0.3) is 11.1 Å². The molecule has 6 heteroatoms. The maximum absolute atomic E-state index is 12.8. The molecule has 0 heterocycles. The second kappa shape index (κ2) is 10.2. The second-order valence-electron chi connectivity index (χ2n) is 8.30. The Balaban J connectivity index is 2.50. The van der Waals surface area contributed by atoms with E-state index in [1.54, 1.807) is 46.9 Å². The minimum Gasteiger partial charge on any atom is -0.496 e. The first-order chi connectivity index (χ1) is 14.6. The van der Waals surface area contributed by atoms with Crippen LogP contribution in [0.1, 0.15) is 33.3 Å². The molecule has 2 aromatic rings. The van der Waals surface area contributed by atoms with E-state index in [2.05, 4.69) is 12.6 Å². The Kier molecular flexibility index (Phi) is 7.86. The number of benzene rings is 2. The molecule has 0 aliphatic carbocycles. The number of ether oxygens (including phenoxy) is 2. The Labute approximate surface area is 185 Å². The summed E-state index contributed by atoms with van der Waals surface area (Å²) in [4.78, 5) is 24.4. The molecule has 1 atom stereocenters. The van der Waals surface area contributed by atoms with Gasteiger partial charge in [-0.1, -0.05) is 30.3 Å². The lowest BCUT2D eigenvalue weighted by Crippen LogP contribution is -2.52. The van der Waals surface area contributed by atoms with E-state index >= 15 is 0 Å². The van der Waals surface area contributed by atoms with Crippen molar-refractivity contribution in [3.8, 4) is 16.9 Å². The SMILES string of the molecule is C=CCc1cccc(-c2cc(N(C)N(C(=O)OC(C)(C)C)[C@@H](C)C=O)ccc2OC)c1. The van der Waals surface area contributed by atoms with Gasteiger partial charge in [0.15, 0.2) is 0 Å². The first-order valence-electron chi connectivity index (χ1n) is 10.2. The lowest BCUT2D eigenvalue weighted by molar-refractivity contribution is -0.112. The summed E-state index contributed by atoms with van der Waals surface area (Å²) >= 11 is 0. The van der Waals surface area contributed by atoms with E-state index in [1.165, 1.54) is 5.01 Å². The van der Waals surface area contributed by atoms with Crippen LogP contribution in [0.2, 0.25) is 0 Å². The first kappa shape index (κ1) is 24.0. The van der Waals surface area contributed by atoms with Gasteiger partial charge in [-0.25, -0.2) is 9.80 Å². The van der Waals surface area contributed by atoms with Gasteiger partial charge >= 0.3 is 6.09 Å². The molecule has 0 N–H and O–H groups in total. The highest BCUT2D eigenvalue weighted by Gasteiger charge is 2.30. The smallest absolute Gasteiger partial charge is 0.429 e. The number of aldehydes is 1. The largest absolute Gasteiger partial charge is 0.496 e. The van der Waals surface area contributed by atoms with Crippen molar-refractivity contribution in [1.29, 1.82) is 0 Å². The summed E-state index contributed by atoms with van der Waals surface area (Å²) in [7, 11) is 3.35. The third-order valence-corrected chi connectivity index (χ3v) is 4.66. The van der Waals surface area contributed by atoms with Gasteiger partial charge in [0.1, 0.15) is 23.7 Å². The predicted octanol–water partition coefficient (Wildman–Crippen LogP) is 5.27. The van der Waals surface area contributed by atoms with Crippen LogP contribution in [0.3, 0.4) is 0 Å². The Bertz CT molecular complexity index is 933. The van der Waals surface area contributed by atoms with Gasteiger partial charge in [0.05, 0.1) is 12.8 Å². The van der Waals surface area contributed by atoms with E-state index < -0.39 is 17.7 Å². The second-order valence-corrected chi connectivity index (χ2v) is 8.30. The van der Waals surface area contributed by atoms with E-state index in [4.69, 9.17) is 9.47 Å². The number of nitrogens with zero attached hydrogens (tertiary/aromatic N) is 2. The number of hydrazine groups is 1. The molecule has 1 amide bonds. The van der Waals surface area contributed by atoms with Gasteiger partial charge in [-0.15, -0.1) is 6.58 Å². The number of hydrogen-bond donors (Lipinski definition) is 0. The number of amides is 1. The standard InChI is InChI=1S/C25H32N2O4/c1-8-10-19-11-9-12-20(15-19)22-16-21(13-14-23(22)30-7)26(6)27(18(2)17-28)24(29)31-25(3,4)5/h8-9,11-18H,1,10H2,2-7H3/t18-/m0/s1. The zero-order valence-corrected chi connectivity index (χ0v) is 19.2. The molecular weight excluding hydrogens is 392 g/mol. The molecule has 0 unspecified atom stereocenters. The van der Waals surface area contributed by atoms with Gasteiger partial charge in [0, 0.05) is 12.6 Å². The minimum atomic E-state index is -0.707. The van der Waals surface area contributed by atoms with E-state index in [0.29, 0.717) is 17.7 Å². The van der Waals surface area contributed by atoms with Crippen LogP contribution in [-0.2, 0) is 16.0 Å². The molecule has 6 nitrogen and oxygen atoms in total. The normalized spacial score (nSPS) is 11.9. The van der Waals surface area contributed by atoms with Crippen molar-refractivity contribution in [3.05, 3.63) is 60.7 Å². The number of methoxy groups -OCH3 is 1. The van der Waals surface area contributed by atoms with Crippen molar-refractivity contribution in [3.63, 3.8) is 0 Å². The monoisotopic (exact) mass is 424 g/mol. The number of rotatable bonds is 8. The molecule has 0 aliphatic rings. The number of anilines is 1. The van der Waals surface area contributed by atoms with E-state index in [-0.39, 0.29) is 0 Å². The maximum Gasteiger partial charge on any atom is 0.429 e. The van der Waals surface area contributed by atoms with Gasteiger partial charge in [-0.05, 0) is 63.4 Å². The molecule has 0 aromatic heterocycles. The molecule has 0 aliphatic heterocycles. The van der Waals surface area contributed by atoms with Gasteiger partial charge in [0.25, 0.3) is 0 Å². The summed E-state index contributed by atoms with van der Waals surface area (Å²) in [5.41, 5.74) is 3.03. The average molecular weight is 425 g/mol. The summed E-state index contributed by atoms with van der Waals surface area (Å²) in [6.45, 7) is 10.8. The van der Waals surface area contributed by atoms with Crippen molar-refractivity contribution in [2.45, 2.75) is 45.8 Å². The molecule has 0 radical (unpaired) electrons. The Hall–Kier alpha value is -3.28. The van der Waals surface area contributed by atoms with Crippen LogP contribution in [0.5, 0.6) is 5.75 Å². The lowest BCUT2D eigenvalue weighted by atomic mass is 10.00. The van der Waals surface area contributed by atoms with Crippen molar-refractivity contribution in [2.24, 2.45) is 0 Å². The lowest BCUT2D eigenvalue weighted by Gasteiger charge is -2.37. The minimum absolute atomic E-state index is 0.597. The molecule has 2 rings (SSSR count). The molecule has 0 fully saturated rings.